The van der Waals surface area contributed by atoms with Crippen molar-refractivity contribution in [3.8, 4) is 44.5 Å². The molecule has 0 N–H and O–H groups in total. The van der Waals surface area contributed by atoms with Crippen LogP contribution < -0.4 is 4.90 Å². The summed E-state index contributed by atoms with van der Waals surface area (Å²) in [7, 11) is 0. The van der Waals surface area contributed by atoms with E-state index in [9.17, 15) is 0 Å². The molecule has 67 heavy (non-hydrogen) atoms. The standard InChI is InChI=1S/C66H47N/c1-3-16-46(17-4-1)51-23-13-24-52(42-51)47-32-37-57(38-33-47)67(58-39-34-48(35-40-58)53-25-14-26-54(43-53)60-31-15-22-49-20-7-9-27-59(49)60)66-45-56(36-41-62(66)50-18-5-2-6-19-50)65-44-55-21-8-10-28-61(55)63-29-11-12-30-64(63)65/h1-44,66H,45H2. The average molecular weight is 854 g/mol. The first-order valence-electron chi connectivity index (χ1n) is 23.3. The second kappa shape index (κ2) is 17.5. The third kappa shape index (κ3) is 7.71. The fourth-order valence-corrected chi connectivity index (χ4v) is 10.3. The van der Waals surface area contributed by atoms with Crippen molar-refractivity contribution >= 4 is 54.8 Å². The Hall–Kier alpha value is -8.52. The van der Waals surface area contributed by atoms with Crippen molar-refractivity contribution in [1.82, 2.24) is 0 Å². The molecule has 1 atom stereocenters. The summed E-state index contributed by atoms with van der Waals surface area (Å²) in [5.41, 5.74) is 17.1. The van der Waals surface area contributed by atoms with E-state index in [4.69, 9.17) is 0 Å². The molecule has 11 aromatic carbocycles. The van der Waals surface area contributed by atoms with Crippen LogP contribution in [0.15, 0.2) is 267 Å². The Kier molecular flexibility index (Phi) is 10.4. The van der Waals surface area contributed by atoms with Crippen LogP contribution in [-0.2, 0) is 0 Å². The highest BCUT2D eigenvalue weighted by Crippen LogP contribution is 2.44. The van der Waals surface area contributed by atoms with Crippen molar-refractivity contribution in [3.05, 3.63) is 278 Å². The normalized spacial score (nSPS) is 13.6. The number of rotatable bonds is 9. The van der Waals surface area contributed by atoms with Gasteiger partial charge in [-0.3, -0.25) is 0 Å². The zero-order chi connectivity index (χ0) is 44.5. The third-order valence-corrected chi connectivity index (χ3v) is 13.7. The lowest BCUT2D eigenvalue weighted by atomic mass is 9.82. The number of hydrogen-bond donors (Lipinski definition) is 0. The third-order valence-electron chi connectivity index (χ3n) is 13.7. The van der Waals surface area contributed by atoms with Crippen LogP contribution in [0.25, 0.3) is 88.0 Å². The highest BCUT2D eigenvalue weighted by atomic mass is 15.2. The molecule has 12 rings (SSSR count). The van der Waals surface area contributed by atoms with Gasteiger partial charge >= 0.3 is 0 Å². The molecule has 1 unspecified atom stereocenters. The summed E-state index contributed by atoms with van der Waals surface area (Å²) in [5.74, 6) is 0. The largest absolute Gasteiger partial charge is 0.334 e. The van der Waals surface area contributed by atoms with Gasteiger partial charge in [-0.1, -0.05) is 224 Å². The van der Waals surface area contributed by atoms with Crippen LogP contribution in [0.4, 0.5) is 11.4 Å². The molecule has 0 heterocycles. The van der Waals surface area contributed by atoms with Crippen molar-refractivity contribution in [2.24, 2.45) is 0 Å². The second-order valence-corrected chi connectivity index (χ2v) is 17.6. The van der Waals surface area contributed by atoms with E-state index in [1.165, 1.54) is 99.1 Å². The van der Waals surface area contributed by atoms with E-state index in [-0.39, 0.29) is 6.04 Å². The number of anilines is 2. The predicted octanol–water partition coefficient (Wildman–Crippen LogP) is 17.9. The van der Waals surface area contributed by atoms with Gasteiger partial charge in [0.25, 0.3) is 0 Å². The van der Waals surface area contributed by atoms with Gasteiger partial charge in [-0.25, -0.2) is 0 Å². The lowest BCUT2D eigenvalue weighted by Gasteiger charge is -2.38. The van der Waals surface area contributed by atoms with Gasteiger partial charge in [0, 0.05) is 11.4 Å². The minimum absolute atomic E-state index is 0.0135. The quantitative estimate of drug-likeness (QED) is 0.131. The Bertz CT molecular complexity index is 3630. The number of benzene rings is 11. The van der Waals surface area contributed by atoms with Gasteiger partial charge in [0.1, 0.15) is 0 Å². The molecule has 0 radical (unpaired) electrons. The minimum Gasteiger partial charge on any atom is -0.334 e. The molecule has 0 saturated carbocycles. The van der Waals surface area contributed by atoms with Crippen molar-refractivity contribution in [2.75, 3.05) is 4.90 Å². The monoisotopic (exact) mass is 853 g/mol. The maximum absolute atomic E-state index is 2.58. The van der Waals surface area contributed by atoms with Crippen molar-refractivity contribution in [1.29, 1.82) is 0 Å². The number of fused-ring (bicyclic) bond motifs is 4. The second-order valence-electron chi connectivity index (χ2n) is 17.6. The van der Waals surface area contributed by atoms with Gasteiger partial charge in [-0.15, -0.1) is 0 Å². The molecule has 1 aliphatic carbocycles. The predicted molar refractivity (Wildman–Crippen MR) is 287 cm³/mol. The molecular weight excluding hydrogens is 807 g/mol. The zero-order valence-corrected chi connectivity index (χ0v) is 37.1. The van der Waals surface area contributed by atoms with Crippen molar-refractivity contribution < 1.29 is 0 Å². The molecule has 1 aliphatic rings. The summed E-state index contributed by atoms with van der Waals surface area (Å²) in [6.07, 6.45) is 5.58. The molecule has 0 fully saturated rings. The van der Waals surface area contributed by atoms with Gasteiger partial charge in [0.05, 0.1) is 6.04 Å². The first kappa shape index (κ1) is 40.0. The fourth-order valence-electron chi connectivity index (χ4n) is 10.3. The molecule has 0 spiro atoms. The molecule has 11 aromatic rings. The van der Waals surface area contributed by atoms with Gasteiger partial charge in [0.15, 0.2) is 0 Å². The fraction of sp³-hybridized carbons (Fsp3) is 0.0303. The van der Waals surface area contributed by atoms with E-state index in [1.54, 1.807) is 0 Å². The summed E-state index contributed by atoms with van der Waals surface area (Å²) in [5, 5.41) is 7.63. The van der Waals surface area contributed by atoms with Crippen LogP contribution in [0.2, 0.25) is 0 Å². The Morgan fingerprint density at radius 3 is 1.40 bits per heavy atom. The Morgan fingerprint density at radius 1 is 0.284 bits per heavy atom. The van der Waals surface area contributed by atoms with Crippen LogP contribution in [0.1, 0.15) is 17.5 Å². The smallest absolute Gasteiger partial charge is 0.0637 e. The lowest BCUT2D eigenvalue weighted by molar-refractivity contribution is 0.813. The first-order valence-corrected chi connectivity index (χ1v) is 23.3. The summed E-state index contributed by atoms with van der Waals surface area (Å²) >= 11 is 0. The average Bonchev–Trinajstić information content (AvgIpc) is 3.41. The van der Waals surface area contributed by atoms with E-state index in [0.717, 1.165) is 17.8 Å². The Labute approximate surface area is 392 Å². The van der Waals surface area contributed by atoms with Gasteiger partial charge in [0.2, 0.25) is 0 Å². The molecule has 0 aliphatic heterocycles. The molecule has 0 saturated heterocycles. The summed E-state index contributed by atoms with van der Waals surface area (Å²) < 4.78 is 0. The van der Waals surface area contributed by atoms with E-state index in [2.05, 4.69) is 272 Å². The molecule has 316 valence electrons. The van der Waals surface area contributed by atoms with Gasteiger partial charge in [-0.2, -0.15) is 0 Å². The summed E-state index contributed by atoms with van der Waals surface area (Å²) in [6, 6.07) is 93.3. The number of hydrogen-bond acceptors (Lipinski definition) is 1. The SMILES string of the molecule is C1=C(c2cc3ccccc3c3ccccc23)CC(N(c2ccc(-c3cccc(-c4ccccc4)c3)cc2)c2ccc(-c3cccc(-c4cccc5ccccc45)c3)cc2)C(c2ccccc2)=C1. The van der Waals surface area contributed by atoms with Gasteiger partial charge < -0.3 is 4.90 Å². The zero-order valence-electron chi connectivity index (χ0n) is 37.1. The Balaban J connectivity index is 0.978. The number of allylic oxidation sites excluding steroid dienone is 2. The molecule has 0 bridgehead atoms. The van der Waals surface area contributed by atoms with Crippen LogP contribution in [0, 0.1) is 0 Å². The maximum Gasteiger partial charge on any atom is 0.0637 e. The van der Waals surface area contributed by atoms with Crippen LogP contribution in [0.3, 0.4) is 0 Å². The Morgan fingerprint density at radius 2 is 0.746 bits per heavy atom. The van der Waals surface area contributed by atoms with Gasteiger partial charge in [-0.05, 0) is 148 Å². The summed E-state index contributed by atoms with van der Waals surface area (Å²) in [6.45, 7) is 0. The summed E-state index contributed by atoms with van der Waals surface area (Å²) in [4.78, 5) is 2.58. The van der Waals surface area contributed by atoms with E-state index in [0.29, 0.717) is 0 Å². The maximum atomic E-state index is 2.58. The highest BCUT2D eigenvalue weighted by Gasteiger charge is 2.30. The number of nitrogens with zero attached hydrogens (tertiary/aromatic N) is 1. The molecule has 1 heteroatoms. The molecule has 0 aromatic heterocycles. The lowest BCUT2D eigenvalue weighted by Crippen LogP contribution is -2.33. The van der Waals surface area contributed by atoms with E-state index < -0.39 is 0 Å². The molecule has 0 amide bonds. The van der Waals surface area contributed by atoms with E-state index >= 15 is 0 Å². The van der Waals surface area contributed by atoms with Crippen LogP contribution >= 0.6 is 0 Å². The van der Waals surface area contributed by atoms with Crippen molar-refractivity contribution in [3.63, 3.8) is 0 Å². The van der Waals surface area contributed by atoms with Crippen molar-refractivity contribution in [2.45, 2.75) is 12.5 Å². The van der Waals surface area contributed by atoms with Crippen LogP contribution in [0.5, 0.6) is 0 Å². The molecular formula is C66H47N. The van der Waals surface area contributed by atoms with Crippen LogP contribution in [-0.4, -0.2) is 6.04 Å². The topological polar surface area (TPSA) is 3.24 Å². The molecule has 1 nitrogen and oxygen atoms in total. The highest BCUT2D eigenvalue weighted by molar-refractivity contribution is 6.12. The van der Waals surface area contributed by atoms with E-state index in [1.807, 2.05) is 0 Å². The minimum atomic E-state index is -0.0135. The first-order chi connectivity index (χ1) is 33.2.